The van der Waals surface area contributed by atoms with E-state index in [-0.39, 0.29) is 12.7 Å². The van der Waals surface area contributed by atoms with E-state index in [0.29, 0.717) is 40.0 Å². The Hall–Kier alpha value is -4.04. The van der Waals surface area contributed by atoms with Crippen LogP contribution in [0, 0.1) is 5.92 Å². The van der Waals surface area contributed by atoms with Crippen LogP contribution in [0.4, 0.5) is 0 Å². The summed E-state index contributed by atoms with van der Waals surface area (Å²) in [5, 5.41) is 7.52. The minimum atomic E-state index is -0.795. The maximum atomic E-state index is 12.8. The molecule has 2 N–H and O–H groups in total. The summed E-state index contributed by atoms with van der Waals surface area (Å²) in [5.74, 6) is 0.684. The number of ether oxygens (including phenoxy) is 3. The molecule has 0 saturated heterocycles. The minimum Gasteiger partial charge on any atom is -0.488 e. The van der Waals surface area contributed by atoms with Crippen molar-refractivity contribution in [3.63, 3.8) is 0 Å². The lowest BCUT2D eigenvalue weighted by atomic mass is 10.0. The number of carbonyl (C=O) groups excluding carboxylic acids is 2. The van der Waals surface area contributed by atoms with Gasteiger partial charge in [0.2, 0.25) is 6.79 Å². The topological polar surface area (TPSA) is 98.2 Å². The Kier molecular flexibility index (Phi) is 8.07. The van der Waals surface area contributed by atoms with E-state index in [1.807, 2.05) is 50.2 Å². The van der Waals surface area contributed by atoms with Gasteiger partial charge in [0, 0.05) is 16.1 Å². The highest BCUT2D eigenvalue weighted by Gasteiger charge is 2.25. The van der Waals surface area contributed by atoms with Gasteiger partial charge in [0.1, 0.15) is 18.4 Å². The van der Waals surface area contributed by atoms with Gasteiger partial charge in [-0.1, -0.05) is 49.7 Å². The summed E-state index contributed by atoms with van der Waals surface area (Å²) >= 11 is 5.93. The highest BCUT2D eigenvalue weighted by Crippen LogP contribution is 2.32. The van der Waals surface area contributed by atoms with Crippen LogP contribution in [-0.2, 0) is 11.4 Å². The molecule has 1 atom stereocenters. The van der Waals surface area contributed by atoms with E-state index >= 15 is 0 Å². The van der Waals surface area contributed by atoms with Crippen LogP contribution in [0.25, 0.3) is 0 Å². The summed E-state index contributed by atoms with van der Waals surface area (Å²) in [4.78, 5) is 25.6. The van der Waals surface area contributed by atoms with Gasteiger partial charge in [-0.3, -0.25) is 9.59 Å². The Morgan fingerprint density at radius 2 is 1.81 bits per heavy atom. The van der Waals surface area contributed by atoms with E-state index in [9.17, 15) is 9.59 Å². The molecular formula is C27H26ClN3O5. The fraction of sp³-hybridized carbons (Fsp3) is 0.222. The fourth-order valence-corrected chi connectivity index (χ4v) is 3.62. The zero-order valence-electron chi connectivity index (χ0n) is 19.9. The lowest BCUT2D eigenvalue weighted by Crippen LogP contribution is -2.48. The first kappa shape index (κ1) is 25.1. The third-order valence-electron chi connectivity index (χ3n) is 5.48. The minimum absolute atomic E-state index is 0.116. The molecule has 0 fully saturated rings. The quantitative estimate of drug-likeness (QED) is 0.327. The first-order chi connectivity index (χ1) is 17.4. The van der Waals surface area contributed by atoms with Gasteiger partial charge >= 0.3 is 0 Å². The molecule has 0 aromatic heterocycles. The Labute approximate surface area is 214 Å². The second kappa shape index (κ2) is 11.6. The summed E-state index contributed by atoms with van der Waals surface area (Å²) in [7, 11) is 0. The van der Waals surface area contributed by atoms with Crippen LogP contribution in [0.2, 0.25) is 5.02 Å². The van der Waals surface area contributed by atoms with Gasteiger partial charge < -0.3 is 19.5 Å². The Morgan fingerprint density at radius 1 is 1.06 bits per heavy atom. The Bertz CT molecular complexity index is 1260. The zero-order valence-corrected chi connectivity index (χ0v) is 20.6. The van der Waals surface area contributed by atoms with Crippen LogP contribution >= 0.6 is 11.6 Å². The van der Waals surface area contributed by atoms with Crippen LogP contribution in [0.1, 0.15) is 35.3 Å². The molecule has 186 valence electrons. The van der Waals surface area contributed by atoms with E-state index in [1.165, 1.54) is 6.21 Å². The van der Waals surface area contributed by atoms with Crippen LogP contribution in [0.5, 0.6) is 17.2 Å². The van der Waals surface area contributed by atoms with Crippen molar-refractivity contribution in [1.29, 1.82) is 0 Å². The maximum Gasteiger partial charge on any atom is 0.262 e. The molecule has 1 heterocycles. The van der Waals surface area contributed by atoms with Crippen molar-refractivity contribution in [2.75, 3.05) is 6.79 Å². The summed E-state index contributed by atoms with van der Waals surface area (Å²) in [6, 6.07) is 18.8. The molecule has 1 aliphatic heterocycles. The average molecular weight is 508 g/mol. The van der Waals surface area contributed by atoms with E-state index in [2.05, 4.69) is 15.8 Å². The molecular weight excluding hydrogens is 482 g/mol. The third kappa shape index (κ3) is 6.34. The molecule has 2 amide bonds. The number of nitrogens with one attached hydrogen (secondary N) is 2. The number of halogens is 1. The summed E-state index contributed by atoms with van der Waals surface area (Å²) in [6.07, 6.45) is 1.51. The van der Waals surface area contributed by atoms with E-state index in [4.69, 9.17) is 25.8 Å². The van der Waals surface area contributed by atoms with Crippen molar-refractivity contribution < 1.29 is 23.8 Å². The number of benzene rings is 3. The van der Waals surface area contributed by atoms with Crippen molar-refractivity contribution in [1.82, 2.24) is 10.7 Å². The van der Waals surface area contributed by atoms with Gasteiger partial charge in [0.25, 0.3) is 11.8 Å². The molecule has 0 spiro atoms. The molecule has 4 rings (SSSR count). The Balaban J connectivity index is 1.37. The maximum absolute atomic E-state index is 12.8. The van der Waals surface area contributed by atoms with Gasteiger partial charge in [0.15, 0.2) is 11.5 Å². The van der Waals surface area contributed by atoms with Crippen molar-refractivity contribution >= 4 is 29.6 Å². The van der Waals surface area contributed by atoms with Crippen molar-refractivity contribution in [2.24, 2.45) is 11.0 Å². The number of carbonyl (C=O) groups is 2. The third-order valence-corrected chi connectivity index (χ3v) is 5.73. The molecule has 1 aliphatic rings. The molecule has 0 saturated carbocycles. The standard InChI is InChI=1S/C27H26ClN3O5/c1-17(2)25(30-26(32)19-9-12-23-24(13-19)36-16-35-23)27(33)31-29-14-20-5-3-4-6-22(20)34-15-18-7-10-21(28)11-8-18/h3-14,17,25H,15-16H2,1-2H3,(H,30,32)(H,31,33)/b29-14+. The van der Waals surface area contributed by atoms with Crippen molar-refractivity contribution in [3.05, 3.63) is 88.4 Å². The number of amides is 2. The summed E-state index contributed by atoms with van der Waals surface area (Å²) in [6.45, 7) is 4.15. The molecule has 3 aromatic carbocycles. The summed E-state index contributed by atoms with van der Waals surface area (Å²) in [5.41, 5.74) is 4.55. The second-order valence-corrected chi connectivity index (χ2v) is 8.89. The number of hydrogen-bond donors (Lipinski definition) is 2. The predicted octanol–water partition coefficient (Wildman–Crippen LogP) is 4.55. The monoisotopic (exact) mass is 507 g/mol. The first-order valence-corrected chi connectivity index (χ1v) is 11.8. The number of fused-ring (bicyclic) bond motifs is 1. The summed E-state index contributed by atoms with van der Waals surface area (Å²) < 4.78 is 16.5. The van der Waals surface area contributed by atoms with Gasteiger partial charge in [0.05, 0.1) is 6.21 Å². The molecule has 0 aliphatic carbocycles. The van der Waals surface area contributed by atoms with Gasteiger partial charge in [-0.15, -0.1) is 0 Å². The molecule has 0 bridgehead atoms. The van der Waals surface area contributed by atoms with E-state index < -0.39 is 17.9 Å². The number of rotatable bonds is 9. The number of hydrazone groups is 1. The largest absolute Gasteiger partial charge is 0.488 e. The van der Waals surface area contributed by atoms with Crippen LogP contribution in [-0.4, -0.2) is 30.9 Å². The Morgan fingerprint density at radius 3 is 2.58 bits per heavy atom. The molecule has 3 aromatic rings. The number of hydrogen-bond acceptors (Lipinski definition) is 6. The highest BCUT2D eigenvalue weighted by molar-refractivity contribution is 6.30. The zero-order chi connectivity index (χ0) is 25.5. The lowest BCUT2D eigenvalue weighted by molar-refractivity contribution is -0.123. The van der Waals surface area contributed by atoms with Gasteiger partial charge in [-0.25, -0.2) is 5.43 Å². The fourth-order valence-electron chi connectivity index (χ4n) is 3.49. The van der Waals surface area contributed by atoms with Crippen LogP contribution in [0.15, 0.2) is 71.8 Å². The molecule has 36 heavy (non-hydrogen) atoms. The van der Waals surface area contributed by atoms with Crippen LogP contribution < -0.4 is 25.0 Å². The van der Waals surface area contributed by atoms with Crippen molar-refractivity contribution in [2.45, 2.75) is 26.5 Å². The van der Waals surface area contributed by atoms with Crippen LogP contribution in [0.3, 0.4) is 0 Å². The molecule has 0 radical (unpaired) electrons. The molecule has 9 heteroatoms. The normalized spacial score (nSPS) is 13.0. The first-order valence-electron chi connectivity index (χ1n) is 11.4. The van der Waals surface area contributed by atoms with E-state index in [0.717, 1.165) is 5.56 Å². The van der Waals surface area contributed by atoms with Gasteiger partial charge in [-0.2, -0.15) is 5.10 Å². The predicted molar refractivity (Wildman–Crippen MR) is 137 cm³/mol. The van der Waals surface area contributed by atoms with Gasteiger partial charge in [-0.05, 0) is 53.9 Å². The SMILES string of the molecule is CC(C)C(NC(=O)c1ccc2c(c1)OCO2)C(=O)N/N=C/c1ccccc1OCc1ccc(Cl)cc1. The van der Waals surface area contributed by atoms with Crippen molar-refractivity contribution in [3.8, 4) is 17.2 Å². The molecule has 8 nitrogen and oxygen atoms in total. The lowest BCUT2D eigenvalue weighted by Gasteiger charge is -2.20. The molecule has 1 unspecified atom stereocenters. The van der Waals surface area contributed by atoms with E-state index in [1.54, 1.807) is 30.3 Å². The smallest absolute Gasteiger partial charge is 0.262 e. The number of nitrogens with zero attached hydrogens (tertiary/aromatic N) is 1. The highest BCUT2D eigenvalue weighted by atomic mass is 35.5. The average Bonchev–Trinajstić information content (AvgIpc) is 3.35. The second-order valence-electron chi connectivity index (χ2n) is 8.45. The number of para-hydroxylation sites is 1.